The Kier molecular flexibility index (Phi) is 5.44. The number of nitriles is 1. The molecular formula is C11H19N5OS. The summed E-state index contributed by atoms with van der Waals surface area (Å²) in [6.45, 7) is 7.12. The lowest BCUT2D eigenvalue weighted by atomic mass is 10.0. The second-order valence-corrected chi connectivity index (χ2v) is 5.19. The van der Waals surface area contributed by atoms with Crippen LogP contribution < -0.4 is 11.0 Å². The molecule has 0 saturated heterocycles. The van der Waals surface area contributed by atoms with Crippen LogP contribution in [-0.4, -0.2) is 32.6 Å². The van der Waals surface area contributed by atoms with Gasteiger partial charge in [0, 0.05) is 12.3 Å². The minimum absolute atomic E-state index is 0.185. The molecule has 0 radical (unpaired) electrons. The van der Waals surface area contributed by atoms with Crippen LogP contribution in [0.3, 0.4) is 0 Å². The number of hydrogen-bond donors (Lipinski definition) is 2. The summed E-state index contributed by atoms with van der Waals surface area (Å²) in [5.74, 6) is 0.737. The number of aromatic nitrogens is 3. The van der Waals surface area contributed by atoms with E-state index in [0.29, 0.717) is 18.1 Å². The molecule has 1 atom stereocenters. The maximum absolute atomic E-state index is 11.4. The second kappa shape index (κ2) is 6.61. The third-order valence-corrected chi connectivity index (χ3v) is 3.66. The van der Waals surface area contributed by atoms with Gasteiger partial charge in [-0.05, 0) is 26.8 Å². The quantitative estimate of drug-likeness (QED) is 0.720. The van der Waals surface area contributed by atoms with Gasteiger partial charge in [0.25, 0.3) is 0 Å². The van der Waals surface area contributed by atoms with Gasteiger partial charge in [0.2, 0.25) is 0 Å². The van der Waals surface area contributed by atoms with Crippen molar-refractivity contribution in [1.82, 2.24) is 20.1 Å². The van der Waals surface area contributed by atoms with Crippen LogP contribution in [0.15, 0.2) is 9.95 Å². The molecule has 0 fully saturated rings. The van der Waals surface area contributed by atoms with Gasteiger partial charge in [0.1, 0.15) is 5.54 Å². The van der Waals surface area contributed by atoms with Crippen molar-refractivity contribution in [3.63, 3.8) is 0 Å². The van der Waals surface area contributed by atoms with E-state index in [9.17, 15) is 4.79 Å². The van der Waals surface area contributed by atoms with E-state index in [1.807, 2.05) is 20.8 Å². The highest BCUT2D eigenvalue weighted by molar-refractivity contribution is 7.99. The molecule has 1 aromatic heterocycles. The van der Waals surface area contributed by atoms with Crippen LogP contribution in [0.1, 0.15) is 27.2 Å². The van der Waals surface area contributed by atoms with Gasteiger partial charge < -0.3 is 0 Å². The number of H-pyrrole nitrogens is 1. The van der Waals surface area contributed by atoms with Crippen molar-refractivity contribution in [2.75, 3.05) is 12.3 Å². The monoisotopic (exact) mass is 269 g/mol. The Bertz CT molecular complexity index is 475. The zero-order valence-electron chi connectivity index (χ0n) is 11.0. The summed E-state index contributed by atoms with van der Waals surface area (Å²) in [6.07, 6.45) is 0.701. The van der Waals surface area contributed by atoms with Gasteiger partial charge >= 0.3 is 5.69 Å². The molecule has 0 spiro atoms. The van der Waals surface area contributed by atoms with Gasteiger partial charge in [-0.25, -0.2) is 9.89 Å². The Morgan fingerprint density at radius 3 is 2.89 bits per heavy atom. The summed E-state index contributed by atoms with van der Waals surface area (Å²) < 4.78 is 1.58. The van der Waals surface area contributed by atoms with E-state index in [0.717, 1.165) is 12.3 Å². The van der Waals surface area contributed by atoms with Crippen LogP contribution in [0.5, 0.6) is 0 Å². The normalized spacial score (nSPS) is 14.1. The van der Waals surface area contributed by atoms with Crippen LogP contribution in [0.25, 0.3) is 0 Å². The topological polar surface area (TPSA) is 86.5 Å². The molecule has 18 heavy (non-hydrogen) atoms. The SMILES string of the molecule is CCNC(C)(C#N)CCSc1n[nH]c(=O)n1CC. The minimum atomic E-state index is -0.518. The van der Waals surface area contributed by atoms with Gasteiger partial charge in [-0.1, -0.05) is 18.7 Å². The highest BCUT2D eigenvalue weighted by Crippen LogP contribution is 2.18. The smallest absolute Gasteiger partial charge is 0.300 e. The van der Waals surface area contributed by atoms with E-state index in [4.69, 9.17) is 5.26 Å². The zero-order chi connectivity index (χ0) is 13.6. The Morgan fingerprint density at radius 1 is 1.61 bits per heavy atom. The van der Waals surface area contributed by atoms with E-state index >= 15 is 0 Å². The summed E-state index contributed by atoms with van der Waals surface area (Å²) in [5, 5.41) is 19.4. The predicted molar refractivity (Wildman–Crippen MR) is 71.6 cm³/mol. The predicted octanol–water partition coefficient (Wildman–Crippen LogP) is 0.965. The molecule has 6 nitrogen and oxygen atoms in total. The van der Waals surface area contributed by atoms with Crippen LogP contribution in [-0.2, 0) is 6.54 Å². The number of aromatic amines is 1. The van der Waals surface area contributed by atoms with Crippen LogP contribution in [0.4, 0.5) is 0 Å². The molecule has 1 heterocycles. The van der Waals surface area contributed by atoms with Crippen molar-refractivity contribution < 1.29 is 0 Å². The molecule has 0 amide bonds. The number of rotatable bonds is 7. The Morgan fingerprint density at radius 2 is 2.33 bits per heavy atom. The minimum Gasteiger partial charge on any atom is -0.300 e. The van der Waals surface area contributed by atoms with Gasteiger partial charge in [0.05, 0.1) is 6.07 Å². The molecule has 0 aliphatic carbocycles. The molecule has 0 aromatic carbocycles. The lowest BCUT2D eigenvalue weighted by Gasteiger charge is -2.21. The first-order chi connectivity index (χ1) is 8.56. The molecule has 100 valence electrons. The first kappa shape index (κ1) is 14.8. The van der Waals surface area contributed by atoms with Crippen molar-refractivity contribution in [3.8, 4) is 6.07 Å². The lowest BCUT2D eigenvalue weighted by Crippen LogP contribution is -2.41. The number of hydrogen-bond acceptors (Lipinski definition) is 5. The zero-order valence-corrected chi connectivity index (χ0v) is 11.8. The number of nitrogens with one attached hydrogen (secondary N) is 2. The van der Waals surface area contributed by atoms with Gasteiger partial charge in [0.15, 0.2) is 5.16 Å². The summed E-state index contributed by atoms with van der Waals surface area (Å²) in [7, 11) is 0. The maximum atomic E-state index is 11.4. The van der Waals surface area contributed by atoms with Crippen molar-refractivity contribution in [1.29, 1.82) is 5.26 Å². The first-order valence-electron chi connectivity index (χ1n) is 6.00. The van der Waals surface area contributed by atoms with Crippen LogP contribution in [0.2, 0.25) is 0 Å². The van der Waals surface area contributed by atoms with Crippen LogP contribution >= 0.6 is 11.8 Å². The van der Waals surface area contributed by atoms with Gasteiger partial charge in [-0.15, -0.1) is 5.10 Å². The van der Waals surface area contributed by atoms with E-state index in [1.54, 1.807) is 4.57 Å². The molecule has 1 unspecified atom stereocenters. The second-order valence-electron chi connectivity index (χ2n) is 4.13. The molecule has 7 heteroatoms. The van der Waals surface area contributed by atoms with Crippen molar-refractivity contribution in [2.24, 2.45) is 0 Å². The highest BCUT2D eigenvalue weighted by Gasteiger charge is 2.22. The van der Waals surface area contributed by atoms with Crippen molar-refractivity contribution in [3.05, 3.63) is 10.5 Å². The largest absolute Gasteiger partial charge is 0.343 e. The average molecular weight is 269 g/mol. The fraction of sp³-hybridized carbons (Fsp3) is 0.727. The van der Waals surface area contributed by atoms with Crippen molar-refractivity contribution >= 4 is 11.8 Å². The summed E-state index contributed by atoms with van der Waals surface area (Å²) >= 11 is 1.49. The summed E-state index contributed by atoms with van der Waals surface area (Å²) in [6, 6.07) is 2.28. The van der Waals surface area contributed by atoms with Crippen LogP contribution in [0, 0.1) is 11.3 Å². The Balaban J connectivity index is 2.56. The standard InChI is InChI=1S/C11H19N5OS/c1-4-13-11(3,8-12)6-7-18-10-15-14-9(17)16(10)5-2/h13H,4-7H2,1-3H3,(H,14,17). The van der Waals surface area contributed by atoms with E-state index in [1.165, 1.54) is 11.8 Å². The summed E-state index contributed by atoms with van der Waals surface area (Å²) in [5.41, 5.74) is -0.704. The van der Waals surface area contributed by atoms with E-state index < -0.39 is 5.54 Å². The molecule has 0 aliphatic heterocycles. The maximum Gasteiger partial charge on any atom is 0.343 e. The number of nitrogens with zero attached hydrogens (tertiary/aromatic N) is 3. The highest BCUT2D eigenvalue weighted by atomic mass is 32.2. The van der Waals surface area contributed by atoms with E-state index in [-0.39, 0.29) is 5.69 Å². The molecule has 0 aliphatic rings. The lowest BCUT2D eigenvalue weighted by molar-refractivity contribution is 0.450. The molecule has 1 aromatic rings. The third kappa shape index (κ3) is 3.62. The molecule has 0 saturated carbocycles. The Labute approximate surface area is 111 Å². The fourth-order valence-corrected chi connectivity index (χ4v) is 2.78. The van der Waals surface area contributed by atoms with Crippen molar-refractivity contribution in [2.45, 2.75) is 44.4 Å². The van der Waals surface area contributed by atoms with Gasteiger partial charge in [-0.2, -0.15) is 5.26 Å². The van der Waals surface area contributed by atoms with E-state index in [2.05, 4.69) is 21.6 Å². The third-order valence-electron chi connectivity index (χ3n) is 2.69. The fourth-order valence-electron chi connectivity index (χ4n) is 1.61. The molecule has 1 rings (SSSR count). The first-order valence-corrected chi connectivity index (χ1v) is 6.99. The summed E-state index contributed by atoms with van der Waals surface area (Å²) in [4.78, 5) is 11.4. The van der Waals surface area contributed by atoms with Gasteiger partial charge in [-0.3, -0.25) is 9.88 Å². The molecule has 2 N–H and O–H groups in total. The average Bonchev–Trinajstić information content (AvgIpc) is 2.70. The Hall–Kier alpha value is -1.26. The molecular weight excluding hydrogens is 250 g/mol. The number of thioether (sulfide) groups is 1. The molecule has 0 bridgehead atoms.